The van der Waals surface area contributed by atoms with Gasteiger partial charge in [-0.15, -0.1) is 0 Å². The lowest BCUT2D eigenvalue weighted by molar-refractivity contribution is 0.602. The zero-order chi connectivity index (χ0) is 38.0. The summed E-state index contributed by atoms with van der Waals surface area (Å²) in [6, 6.07) is 6.11. The number of nitrogens with zero attached hydrogens (tertiary/aromatic N) is 11. The average Bonchev–Trinajstić information content (AvgIpc) is 4.00. The fraction of sp³-hybridized carbons (Fsp3) is 0.538. The molecule has 0 bridgehead atoms. The van der Waals surface area contributed by atoms with Crippen molar-refractivity contribution in [1.29, 1.82) is 0 Å². The van der Waals surface area contributed by atoms with Crippen molar-refractivity contribution < 1.29 is 0 Å². The Balaban J connectivity index is 0.000000307. The lowest BCUT2D eigenvalue weighted by Gasteiger charge is -1.93. The molecule has 0 amide bonds. The molecule has 0 unspecified atom stereocenters. The van der Waals surface area contributed by atoms with Crippen molar-refractivity contribution in [2.24, 2.45) is 21.1 Å². The Morgan fingerprint density at radius 2 is 1.35 bits per heavy atom. The van der Waals surface area contributed by atoms with Crippen LogP contribution in [0.3, 0.4) is 0 Å². The van der Waals surface area contributed by atoms with E-state index in [2.05, 4.69) is 109 Å². The summed E-state index contributed by atoms with van der Waals surface area (Å²) in [5.74, 6) is 0. The molecule has 0 saturated carbocycles. The fourth-order valence-corrected chi connectivity index (χ4v) is 4.58. The molecule has 0 fully saturated rings. The Morgan fingerprint density at radius 3 is 1.67 bits per heavy atom. The molecule has 0 aliphatic carbocycles. The van der Waals surface area contributed by atoms with Gasteiger partial charge in [0.05, 0.1) is 29.6 Å². The maximum Gasteiger partial charge on any atom is 0.0921 e. The Labute approximate surface area is 307 Å². The number of aryl methyl sites for hydroxylation is 12. The van der Waals surface area contributed by atoms with E-state index in [1.807, 2.05) is 94.6 Å². The molecule has 6 heterocycles. The lowest BCUT2D eigenvalue weighted by Crippen LogP contribution is -1.95. The minimum absolute atomic E-state index is 0.972. The van der Waals surface area contributed by atoms with E-state index >= 15 is 0 Å². The molecule has 0 atom stereocenters. The van der Waals surface area contributed by atoms with Crippen LogP contribution in [0.4, 0.5) is 0 Å². The maximum atomic E-state index is 4.26. The van der Waals surface area contributed by atoms with Crippen molar-refractivity contribution in [3.63, 3.8) is 0 Å². The minimum atomic E-state index is 0.972. The number of H-pyrrole nitrogens is 1. The van der Waals surface area contributed by atoms with Gasteiger partial charge in [0.2, 0.25) is 0 Å². The molecule has 0 radical (unpaired) electrons. The predicted molar refractivity (Wildman–Crippen MR) is 210 cm³/mol. The van der Waals surface area contributed by atoms with Crippen LogP contribution in [0.5, 0.6) is 0 Å². The summed E-state index contributed by atoms with van der Waals surface area (Å²) in [5.41, 5.74) is 8.64. The molecule has 6 aromatic rings. The van der Waals surface area contributed by atoms with E-state index < -0.39 is 0 Å². The molecular formula is C39H66N12. The highest BCUT2D eigenvalue weighted by Gasteiger charge is 1.97. The van der Waals surface area contributed by atoms with Crippen LogP contribution in [0.15, 0.2) is 67.9 Å². The highest BCUT2D eigenvalue weighted by molar-refractivity contribution is 5.14. The summed E-state index contributed by atoms with van der Waals surface area (Å²) in [6.45, 7) is 21.0. The van der Waals surface area contributed by atoms with Crippen molar-refractivity contribution in [1.82, 2.24) is 58.9 Å². The Bertz CT molecular complexity index is 1640. The number of aromatic amines is 1. The van der Waals surface area contributed by atoms with Crippen LogP contribution < -0.4 is 0 Å². The van der Waals surface area contributed by atoms with E-state index in [9.17, 15) is 0 Å². The van der Waals surface area contributed by atoms with Gasteiger partial charge in [-0.1, -0.05) is 48.5 Å². The molecule has 0 saturated heterocycles. The Hall–Kier alpha value is -4.74. The summed E-state index contributed by atoms with van der Waals surface area (Å²) in [7, 11) is 5.84. The highest BCUT2D eigenvalue weighted by atomic mass is 15.3. The van der Waals surface area contributed by atoms with Gasteiger partial charge in [-0.05, 0) is 88.1 Å². The largest absolute Gasteiger partial charge is 0.349 e. The first-order valence-corrected chi connectivity index (χ1v) is 18.5. The number of nitrogens with one attached hydrogen (secondary N) is 1. The third kappa shape index (κ3) is 18.2. The molecule has 282 valence electrons. The number of imidazole rings is 1. The van der Waals surface area contributed by atoms with Gasteiger partial charge in [0.25, 0.3) is 0 Å². The van der Waals surface area contributed by atoms with Crippen LogP contribution in [-0.2, 0) is 72.8 Å². The molecule has 51 heavy (non-hydrogen) atoms. The van der Waals surface area contributed by atoms with E-state index in [0.29, 0.717) is 0 Å². The third-order valence-electron chi connectivity index (χ3n) is 7.78. The number of rotatable bonds is 9. The summed E-state index contributed by atoms with van der Waals surface area (Å²) < 4.78 is 9.50. The van der Waals surface area contributed by atoms with Crippen LogP contribution in [0.25, 0.3) is 0 Å². The van der Waals surface area contributed by atoms with Gasteiger partial charge in [0.1, 0.15) is 0 Å². The van der Waals surface area contributed by atoms with Crippen molar-refractivity contribution in [3.8, 4) is 0 Å². The van der Waals surface area contributed by atoms with Gasteiger partial charge in [-0.3, -0.25) is 23.4 Å². The van der Waals surface area contributed by atoms with Gasteiger partial charge in [0.15, 0.2) is 0 Å². The van der Waals surface area contributed by atoms with E-state index in [4.69, 9.17) is 0 Å². The van der Waals surface area contributed by atoms with Crippen molar-refractivity contribution in [3.05, 3.63) is 108 Å². The molecule has 6 aromatic heterocycles. The van der Waals surface area contributed by atoms with Gasteiger partial charge >= 0.3 is 0 Å². The zero-order valence-corrected chi connectivity index (χ0v) is 33.6. The maximum absolute atomic E-state index is 4.26. The average molecular weight is 703 g/mol. The zero-order valence-electron chi connectivity index (χ0n) is 33.6. The van der Waals surface area contributed by atoms with Crippen LogP contribution in [0.2, 0.25) is 0 Å². The van der Waals surface area contributed by atoms with Crippen LogP contribution in [-0.4, -0.2) is 58.9 Å². The number of hydrogen-bond donors (Lipinski definition) is 1. The lowest BCUT2D eigenvalue weighted by atomic mass is 10.2. The Morgan fingerprint density at radius 1 is 0.647 bits per heavy atom. The summed E-state index contributed by atoms with van der Waals surface area (Å²) in [6.07, 6.45) is 22.9. The second-order valence-corrected chi connectivity index (χ2v) is 11.8. The van der Waals surface area contributed by atoms with Crippen molar-refractivity contribution in [2.45, 2.75) is 120 Å². The minimum Gasteiger partial charge on any atom is -0.349 e. The molecule has 12 heteroatoms. The van der Waals surface area contributed by atoms with Gasteiger partial charge in [-0.25, -0.2) is 4.98 Å². The van der Waals surface area contributed by atoms with E-state index in [-0.39, 0.29) is 0 Å². The van der Waals surface area contributed by atoms with Gasteiger partial charge in [0, 0.05) is 82.8 Å². The topological polar surface area (TPSA) is 118 Å². The van der Waals surface area contributed by atoms with E-state index in [1.165, 1.54) is 28.2 Å². The van der Waals surface area contributed by atoms with Gasteiger partial charge in [-0.2, -0.15) is 25.5 Å². The van der Waals surface area contributed by atoms with Crippen LogP contribution in [0, 0.1) is 6.92 Å². The SMILES string of the molecule is CCCn1cc(CC)cn1.CCc1ccn(C)n1.CCc1ccn(CC)n1.CCc1ccnn1C.CCc1cn(C)nc1C.CCc1cnc[nH]1. The molecule has 6 rings (SSSR count). The Kier molecular flexibility index (Phi) is 22.7. The summed E-state index contributed by atoms with van der Waals surface area (Å²) >= 11 is 0. The van der Waals surface area contributed by atoms with Crippen LogP contribution >= 0.6 is 0 Å². The van der Waals surface area contributed by atoms with Crippen molar-refractivity contribution >= 4 is 0 Å². The second-order valence-electron chi connectivity index (χ2n) is 11.8. The first kappa shape index (κ1) is 44.3. The second kappa shape index (κ2) is 26.1. The first-order chi connectivity index (χ1) is 24.6. The predicted octanol–water partition coefficient (Wildman–Crippen LogP) is 7.55. The number of hydrogen-bond acceptors (Lipinski definition) is 6. The molecule has 0 aromatic carbocycles. The summed E-state index contributed by atoms with van der Waals surface area (Å²) in [5, 5.41) is 20.8. The summed E-state index contributed by atoms with van der Waals surface area (Å²) in [4.78, 5) is 6.81. The highest BCUT2D eigenvalue weighted by Crippen LogP contribution is 2.04. The van der Waals surface area contributed by atoms with Crippen molar-refractivity contribution in [2.75, 3.05) is 0 Å². The third-order valence-corrected chi connectivity index (χ3v) is 7.78. The molecule has 0 spiro atoms. The molecule has 0 aliphatic heterocycles. The molecular weight excluding hydrogens is 637 g/mol. The molecule has 1 N–H and O–H groups in total. The normalized spacial score (nSPS) is 9.88. The van der Waals surface area contributed by atoms with Gasteiger partial charge < -0.3 is 4.98 Å². The van der Waals surface area contributed by atoms with E-state index in [0.717, 1.165) is 69.4 Å². The first-order valence-electron chi connectivity index (χ1n) is 18.5. The fourth-order valence-electron chi connectivity index (χ4n) is 4.58. The molecule has 12 nitrogen and oxygen atoms in total. The molecule has 0 aliphatic rings. The number of aromatic nitrogens is 12. The van der Waals surface area contributed by atoms with Crippen LogP contribution in [0.1, 0.15) is 101 Å². The monoisotopic (exact) mass is 703 g/mol. The smallest absolute Gasteiger partial charge is 0.0921 e. The van der Waals surface area contributed by atoms with E-state index in [1.54, 1.807) is 6.33 Å². The quantitative estimate of drug-likeness (QED) is 0.166. The standard InChI is InChI=1S/C8H14N2.2C7H12N2.2C6H10N2.C5H8N2/c1-3-5-10-7-8(4-2)6-9-10;1-4-7-5-9(3)8-6(7)2;1-3-7-5-6-9(4-2)8-7;1-3-6-4-5-8(2)7-6;1-3-6-4-5-7-8(6)2;1-2-5-3-6-4-7-5/h6-7H,3-5H2,1-2H3;5H,4H2,1-3H3;5-6H,3-4H2,1-2H3;2*4-5H,3H2,1-2H3;3-4H,2H2,1H3,(H,6,7).